The maximum Gasteiger partial charge on any atom is 0.105 e. The Morgan fingerprint density at radius 2 is 2.50 bits per heavy atom. The van der Waals surface area contributed by atoms with Gasteiger partial charge in [-0.15, -0.1) is 0 Å². The third-order valence-corrected chi connectivity index (χ3v) is 2.14. The van der Waals surface area contributed by atoms with Crippen LogP contribution < -0.4 is 5.32 Å². The fraction of sp³-hybridized carbons (Fsp3) is 1.00. The normalized spacial score (nSPS) is 40.5. The first-order valence-corrected chi connectivity index (χ1v) is 3.67. The van der Waals surface area contributed by atoms with Gasteiger partial charge in [0.1, 0.15) is 5.60 Å². The standard InChI is InChI=1S/C7H15NO2/c1-6-7(9,5-8-2)3-4-10-6/h6,8-9H,3-5H2,1-2H3. The monoisotopic (exact) mass is 145 g/mol. The van der Waals surface area contributed by atoms with Crippen molar-refractivity contribution in [1.29, 1.82) is 0 Å². The summed E-state index contributed by atoms with van der Waals surface area (Å²) < 4.78 is 5.23. The van der Waals surface area contributed by atoms with Crippen molar-refractivity contribution >= 4 is 0 Å². The second-order valence-corrected chi connectivity index (χ2v) is 2.90. The molecule has 1 aliphatic heterocycles. The molecule has 0 aromatic rings. The molecule has 2 unspecified atom stereocenters. The average Bonchev–Trinajstić information content (AvgIpc) is 2.15. The summed E-state index contributed by atoms with van der Waals surface area (Å²) >= 11 is 0. The van der Waals surface area contributed by atoms with Crippen molar-refractivity contribution in [1.82, 2.24) is 5.32 Å². The molecule has 2 atom stereocenters. The molecule has 0 aromatic carbocycles. The fourth-order valence-electron chi connectivity index (χ4n) is 1.31. The van der Waals surface area contributed by atoms with Crippen LogP contribution in [0.15, 0.2) is 0 Å². The van der Waals surface area contributed by atoms with E-state index in [-0.39, 0.29) is 6.10 Å². The van der Waals surface area contributed by atoms with Crippen LogP contribution in [0.3, 0.4) is 0 Å². The van der Waals surface area contributed by atoms with E-state index in [0.29, 0.717) is 13.2 Å². The minimum absolute atomic E-state index is 0.0278. The number of hydrogen-bond acceptors (Lipinski definition) is 3. The van der Waals surface area contributed by atoms with Crippen LogP contribution in [0.4, 0.5) is 0 Å². The summed E-state index contributed by atoms with van der Waals surface area (Å²) in [6.45, 7) is 3.21. The first-order valence-electron chi connectivity index (χ1n) is 3.67. The highest BCUT2D eigenvalue weighted by Crippen LogP contribution is 2.24. The third-order valence-electron chi connectivity index (χ3n) is 2.14. The van der Waals surface area contributed by atoms with Crippen LogP contribution in [0, 0.1) is 0 Å². The first-order chi connectivity index (χ1) is 4.69. The molecule has 1 rings (SSSR count). The number of rotatable bonds is 2. The summed E-state index contributed by atoms with van der Waals surface area (Å²) in [6, 6.07) is 0. The smallest absolute Gasteiger partial charge is 0.105 e. The first kappa shape index (κ1) is 7.98. The van der Waals surface area contributed by atoms with Crippen LogP contribution in [-0.4, -0.2) is 37.0 Å². The molecule has 0 saturated carbocycles. The predicted molar refractivity (Wildman–Crippen MR) is 38.9 cm³/mol. The minimum Gasteiger partial charge on any atom is -0.386 e. The lowest BCUT2D eigenvalue weighted by molar-refractivity contribution is -0.0249. The van der Waals surface area contributed by atoms with Crippen molar-refractivity contribution in [3.05, 3.63) is 0 Å². The molecule has 1 heterocycles. The van der Waals surface area contributed by atoms with Gasteiger partial charge < -0.3 is 15.2 Å². The predicted octanol–water partition coefficient (Wildman–Crippen LogP) is -0.254. The van der Waals surface area contributed by atoms with Crippen molar-refractivity contribution in [2.75, 3.05) is 20.2 Å². The zero-order valence-corrected chi connectivity index (χ0v) is 6.55. The van der Waals surface area contributed by atoms with Crippen LogP contribution in [0.1, 0.15) is 13.3 Å². The van der Waals surface area contributed by atoms with Crippen molar-refractivity contribution in [2.24, 2.45) is 0 Å². The summed E-state index contributed by atoms with van der Waals surface area (Å²) in [7, 11) is 1.84. The average molecular weight is 145 g/mol. The molecule has 2 N–H and O–H groups in total. The fourth-order valence-corrected chi connectivity index (χ4v) is 1.31. The Labute approximate surface area is 61.4 Å². The molecule has 1 aliphatic rings. The molecule has 60 valence electrons. The van der Waals surface area contributed by atoms with Crippen LogP contribution in [0.2, 0.25) is 0 Å². The summed E-state index contributed by atoms with van der Waals surface area (Å²) in [4.78, 5) is 0. The molecule has 0 bridgehead atoms. The zero-order chi connectivity index (χ0) is 7.61. The topological polar surface area (TPSA) is 41.5 Å². The van der Waals surface area contributed by atoms with Gasteiger partial charge in [-0.1, -0.05) is 0 Å². The molecular formula is C7H15NO2. The van der Waals surface area contributed by atoms with Crippen LogP contribution in [-0.2, 0) is 4.74 Å². The van der Waals surface area contributed by atoms with E-state index in [0.717, 1.165) is 6.42 Å². The molecule has 0 aliphatic carbocycles. The van der Waals surface area contributed by atoms with E-state index in [1.165, 1.54) is 0 Å². The molecule has 0 amide bonds. The lowest BCUT2D eigenvalue weighted by Gasteiger charge is -2.25. The second kappa shape index (κ2) is 2.86. The van der Waals surface area contributed by atoms with Gasteiger partial charge in [-0.05, 0) is 14.0 Å². The Morgan fingerprint density at radius 3 is 2.90 bits per heavy atom. The molecule has 3 nitrogen and oxygen atoms in total. The van der Waals surface area contributed by atoms with Gasteiger partial charge in [0.2, 0.25) is 0 Å². The van der Waals surface area contributed by atoms with Crippen LogP contribution >= 0.6 is 0 Å². The molecule has 0 aromatic heterocycles. The van der Waals surface area contributed by atoms with Crippen molar-refractivity contribution in [3.63, 3.8) is 0 Å². The van der Waals surface area contributed by atoms with Gasteiger partial charge >= 0.3 is 0 Å². The van der Waals surface area contributed by atoms with E-state index in [1.807, 2.05) is 14.0 Å². The van der Waals surface area contributed by atoms with Gasteiger partial charge in [-0.2, -0.15) is 0 Å². The molecular weight excluding hydrogens is 130 g/mol. The molecule has 0 spiro atoms. The maximum atomic E-state index is 9.77. The van der Waals surface area contributed by atoms with E-state index in [4.69, 9.17) is 4.74 Å². The van der Waals surface area contributed by atoms with Gasteiger partial charge in [0.15, 0.2) is 0 Å². The summed E-state index contributed by atoms with van der Waals surface area (Å²) in [5.74, 6) is 0. The number of ether oxygens (including phenoxy) is 1. The van der Waals surface area contributed by atoms with Crippen molar-refractivity contribution < 1.29 is 9.84 Å². The third kappa shape index (κ3) is 1.31. The Kier molecular flexibility index (Phi) is 2.28. The largest absolute Gasteiger partial charge is 0.386 e. The van der Waals surface area contributed by atoms with E-state index < -0.39 is 5.60 Å². The SMILES string of the molecule is CNCC1(O)CCOC1C. The minimum atomic E-state index is -0.630. The van der Waals surface area contributed by atoms with Crippen molar-refractivity contribution in [3.8, 4) is 0 Å². The Bertz CT molecular complexity index is 118. The Balaban J connectivity index is 2.48. The summed E-state index contributed by atoms with van der Waals surface area (Å²) in [5, 5.41) is 12.7. The quantitative estimate of drug-likeness (QED) is 0.563. The Morgan fingerprint density at radius 1 is 1.80 bits per heavy atom. The highest BCUT2D eigenvalue weighted by Gasteiger charge is 2.38. The van der Waals surface area contributed by atoms with Crippen molar-refractivity contribution in [2.45, 2.75) is 25.0 Å². The van der Waals surface area contributed by atoms with E-state index >= 15 is 0 Å². The highest BCUT2D eigenvalue weighted by atomic mass is 16.5. The number of aliphatic hydroxyl groups is 1. The van der Waals surface area contributed by atoms with Crippen LogP contribution in [0.5, 0.6) is 0 Å². The van der Waals surface area contributed by atoms with E-state index in [9.17, 15) is 5.11 Å². The molecule has 1 fully saturated rings. The summed E-state index contributed by atoms with van der Waals surface area (Å²) in [5.41, 5.74) is -0.630. The van der Waals surface area contributed by atoms with Gasteiger partial charge in [-0.25, -0.2) is 0 Å². The number of hydrogen-bond donors (Lipinski definition) is 2. The highest BCUT2D eigenvalue weighted by molar-refractivity contribution is 4.90. The maximum absolute atomic E-state index is 9.77. The number of likely N-dealkylation sites (N-methyl/N-ethyl adjacent to an activating group) is 1. The van der Waals surface area contributed by atoms with Gasteiger partial charge in [0, 0.05) is 19.6 Å². The van der Waals surface area contributed by atoms with Gasteiger partial charge in [0.05, 0.1) is 6.10 Å². The lowest BCUT2D eigenvalue weighted by atomic mass is 9.97. The van der Waals surface area contributed by atoms with Gasteiger partial charge in [0.25, 0.3) is 0 Å². The molecule has 10 heavy (non-hydrogen) atoms. The second-order valence-electron chi connectivity index (χ2n) is 2.90. The molecule has 1 saturated heterocycles. The number of nitrogens with one attached hydrogen (secondary N) is 1. The van der Waals surface area contributed by atoms with E-state index in [1.54, 1.807) is 0 Å². The van der Waals surface area contributed by atoms with Gasteiger partial charge in [-0.3, -0.25) is 0 Å². The zero-order valence-electron chi connectivity index (χ0n) is 6.55. The molecule has 0 radical (unpaired) electrons. The van der Waals surface area contributed by atoms with E-state index in [2.05, 4.69) is 5.32 Å². The Hall–Kier alpha value is -0.120. The summed E-state index contributed by atoms with van der Waals surface area (Å²) in [6.07, 6.45) is 0.717. The van der Waals surface area contributed by atoms with Crippen LogP contribution in [0.25, 0.3) is 0 Å². The molecule has 3 heteroatoms. The lowest BCUT2D eigenvalue weighted by Crippen LogP contribution is -2.44.